The Morgan fingerprint density at radius 3 is 2.30 bits per heavy atom. The number of aromatic nitrogens is 2. The van der Waals surface area contributed by atoms with Crippen molar-refractivity contribution in [1.29, 1.82) is 0 Å². The second kappa shape index (κ2) is 6.71. The van der Waals surface area contributed by atoms with E-state index >= 15 is 0 Å². The van der Waals surface area contributed by atoms with Crippen LogP contribution in [0.5, 0.6) is 0 Å². The third-order valence-corrected chi connectivity index (χ3v) is 3.70. The highest BCUT2D eigenvalue weighted by Crippen LogP contribution is 2.28. The summed E-state index contributed by atoms with van der Waals surface area (Å²) < 4.78 is 18.5. The standard InChI is InChI=1S/C18H18FN3O/c1-13-20-17(23-21-13)12-22(2)18(14-6-4-3-5-7-14)15-8-10-16(19)11-9-15/h3-11,18H,12H2,1-2H3. The van der Waals surface area contributed by atoms with Crippen LogP contribution in [0.4, 0.5) is 4.39 Å². The third-order valence-electron chi connectivity index (χ3n) is 3.70. The summed E-state index contributed by atoms with van der Waals surface area (Å²) in [5, 5.41) is 3.82. The van der Waals surface area contributed by atoms with Gasteiger partial charge in [-0.15, -0.1) is 0 Å². The summed E-state index contributed by atoms with van der Waals surface area (Å²) in [6, 6.07) is 16.6. The Hall–Kier alpha value is -2.53. The Labute approximate surface area is 134 Å². The Morgan fingerprint density at radius 2 is 1.70 bits per heavy atom. The number of rotatable bonds is 5. The molecule has 4 nitrogen and oxygen atoms in total. The summed E-state index contributed by atoms with van der Waals surface area (Å²) in [5.74, 6) is 0.940. The zero-order valence-corrected chi connectivity index (χ0v) is 13.1. The quantitative estimate of drug-likeness (QED) is 0.720. The predicted octanol–water partition coefficient (Wildman–Crippen LogP) is 3.74. The fourth-order valence-electron chi connectivity index (χ4n) is 2.69. The molecule has 1 unspecified atom stereocenters. The van der Waals surface area contributed by atoms with Crippen LogP contribution in [0.25, 0.3) is 0 Å². The number of aryl methyl sites for hydroxylation is 1. The molecule has 0 radical (unpaired) electrons. The molecule has 0 bridgehead atoms. The van der Waals surface area contributed by atoms with E-state index in [1.807, 2.05) is 37.4 Å². The van der Waals surface area contributed by atoms with Gasteiger partial charge in [-0.1, -0.05) is 47.6 Å². The first kappa shape index (κ1) is 15.4. The van der Waals surface area contributed by atoms with Gasteiger partial charge in [-0.25, -0.2) is 4.39 Å². The highest BCUT2D eigenvalue weighted by atomic mass is 19.1. The molecule has 0 aliphatic heterocycles. The van der Waals surface area contributed by atoms with Crippen LogP contribution in [-0.4, -0.2) is 22.1 Å². The summed E-state index contributed by atoms with van der Waals surface area (Å²) in [5.41, 5.74) is 2.13. The predicted molar refractivity (Wildman–Crippen MR) is 85.2 cm³/mol. The van der Waals surface area contributed by atoms with Crippen LogP contribution in [0, 0.1) is 12.7 Å². The third kappa shape index (κ3) is 3.63. The molecule has 0 saturated carbocycles. The molecule has 2 aromatic carbocycles. The maximum absolute atomic E-state index is 13.3. The van der Waals surface area contributed by atoms with E-state index in [1.165, 1.54) is 12.1 Å². The number of benzene rings is 2. The first-order valence-corrected chi connectivity index (χ1v) is 7.43. The van der Waals surface area contributed by atoms with Gasteiger partial charge in [0.05, 0.1) is 12.6 Å². The molecule has 5 heteroatoms. The second-order valence-corrected chi connectivity index (χ2v) is 5.52. The number of hydrogen-bond acceptors (Lipinski definition) is 4. The second-order valence-electron chi connectivity index (χ2n) is 5.52. The summed E-state index contributed by atoms with van der Waals surface area (Å²) >= 11 is 0. The van der Waals surface area contributed by atoms with Crippen molar-refractivity contribution in [3.63, 3.8) is 0 Å². The lowest BCUT2D eigenvalue weighted by Crippen LogP contribution is -2.25. The van der Waals surface area contributed by atoms with E-state index < -0.39 is 0 Å². The Morgan fingerprint density at radius 1 is 1.04 bits per heavy atom. The van der Waals surface area contributed by atoms with Gasteiger partial charge >= 0.3 is 0 Å². The van der Waals surface area contributed by atoms with Crippen molar-refractivity contribution in [1.82, 2.24) is 15.0 Å². The normalized spacial score (nSPS) is 12.5. The van der Waals surface area contributed by atoms with Crippen molar-refractivity contribution in [2.45, 2.75) is 19.5 Å². The number of halogens is 1. The zero-order chi connectivity index (χ0) is 16.2. The highest BCUT2D eigenvalue weighted by Gasteiger charge is 2.21. The highest BCUT2D eigenvalue weighted by molar-refractivity contribution is 5.32. The fourth-order valence-corrected chi connectivity index (χ4v) is 2.69. The average molecular weight is 311 g/mol. The Kier molecular flexibility index (Phi) is 4.48. The molecule has 0 aliphatic rings. The van der Waals surface area contributed by atoms with Crippen molar-refractivity contribution in [3.05, 3.63) is 83.3 Å². The molecule has 3 rings (SSSR count). The molecule has 1 aromatic heterocycles. The van der Waals surface area contributed by atoms with Gasteiger partial charge in [0.2, 0.25) is 5.89 Å². The van der Waals surface area contributed by atoms with Crippen LogP contribution in [0.3, 0.4) is 0 Å². The van der Waals surface area contributed by atoms with Crippen LogP contribution in [-0.2, 0) is 6.54 Å². The molecule has 1 atom stereocenters. The van der Waals surface area contributed by atoms with E-state index in [0.717, 1.165) is 11.1 Å². The number of nitrogens with zero attached hydrogens (tertiary/aromatic N) is 3. The molecule has 23 heavy (non-hydrogen) atoms. The van der Waals surface area contributed by atoms with Crippen LogP contribution >= 0.6 is 0 Å². The van der Waals surface area contributed by atoms with Gasteiger partial charge in [0.25, 0.3) is 0 Å². The van der Waals surface area contributed by atoms with Gasteiger partial charge in [0, 0.05) is 0 Å². The molecular formula is C18H18FN3O. The maximum Gasteiger partial charge on any atom is 0.240 e. The van der Waals surface area contributed by atoms with Gasteiger partial charge in [-0.3, -0.25) is 4.90 Å². The van der Waals surface area contributed by atoms with Crippen molar-refractivity contribution >= 4 is 0 Å². The van der Waals surface area contributed by atoms with Crippen molar-refractivity contribution in [2.24, 2.45) is 0 Å². The lowest BCUT2D eigenvalue weighted by molar-refractivity contribution is 0.229. The van der Waals surface area contributed by atoms with Crippen LogP contribution in [0.15, 0.2) is 59.1 Å². The van der Waals surface area contributed by atoms with Crippen molar-refractivity contribution in [2.75, 3.05) is 7.05 Å². The first-order chi connectivity index (χ1) is 11.1. The molecule has 0 spiro atoms. The topological polar surface area (TPSA) is 42.2 Å². The largest absolute Gasteiger partial charge is 0.338 e. The average Bonchev–Trinajstić information content (AvgIpc) is 2.95. The van der Waals surface area contributed by atoms with Crippen molar-refractivity contribution < 1.29 is 8.91 Å². The summed E-state index contributed by atoms with van der Waals surface area (Å²) in [7, 11) is 1.99. The Balaban J connectivity index is 1.92. The minimum Gasteiger partial charge on any atom is -0.338 e. The summed E-state index contributed by atoms with van der Waals surface area (Å²) in [6.07, 6.45) is 0. The van der Waals surface area contributed by atoms with E-state index in [4.69, 9.17) is 4.52 Å². The van der Waals surface area contributed by atoms with Gasteiger partial charge < -0.3 is 4.52 Å². The van der Waals surface area contributed by atoms with E-state index in [9.17, 15) is 4.39 Å². The smallest absolute Gasteiger partial charge is 0.240 e. The van der Waals surface area contributed by atoms with E-state index in [-0.39, 0.29) is 11.9 Å². The molecule has 3 aromatic rings. The van der Waals surface area contributed by atoms with E-state index in [1.54, 1.807) is 6.92 Å². The van der Waals surface area contributed by atoms with Gasteiger partial charge in [-0.2, -0.15) is 4.98 Å². The van der Waals surface area contributed by atoms with Crippen LogP contribution in [0.2, 0.25) is 0 Å². The fraction of sp³-hybridized carbons (Fsp3) is 0.222. The molecule has 1 heterocycles. The number of hydrogen-bond donors (Lipinski definition) is 0. The minimum atomic E-state index is -0.240. The van der Waals surface area contributed by atoms with E-state index in [2.05, 4.69) is 27.2 Å². The summed E-state index contributed by atoms with van der Waals surface area (Å²) in [6.45, 7) is 2.30. The molecule has 0 saturated heterocycles. The van der Waals surface area contributed by atoms with Gasteiger partial charge in [0.15, 0.2) is 5.82 Å². The van der Waals surface area contributed by atoms with Crippen molar-refractivity contribution in [3.8, 4) is 0 Å². The molecule has 0 aliphatic carbocycles. The Bertz CT molecular complexity index is 755. The lowest BCUT2D eigenvalue weighted by atomic mass is 9.97. The van der Waals surface area contributed by atoms with Crippen LogP contribution < -0.4 is 0 Å². The lowest BCUT2D eigenvalue weighted by Gasteiger charge is -2.27. The monoisotopic (exact) mass is 311 g/mol. The first-order valence-electron chi connectivity index (χ1n) is 7.43. The van der Waals surface area contributed by atoms with Crippen LogP contribution in [0.1, 0.15) is 28.9 Å². The maximum atomic E-state index is 13.3. The minimum absolute atomic E-state index is 0.0241. The molecule has 0 fully saturated rings. The van der Waals surface area contributed by atoms with Gasteiger partial charge in [0.1, 0.15) is 5.82 Å². The van der Waals surface area contributed by atoms with Gasteiger partial charge in [-0.05, 0) is 37.2 Å². The molecule has 0 amide bonds. The zero-order valence-electron chi connectivity index (χ0n) is 13.1. The molecular weight excluding hydrogens is 293 g/mol. The molecule has 0 N–H and O–H groups in total. The SMILES string of the molecule is Cc1noc(CN(C)C(c2ccccc2)c2ccc(F)cc2)n1. The summed E-state index contributed by atoms with van der Waals surface area (Å²) in [4.78, 5) is 6.36. The molecule has 118 valence electrons. The van der Waals surface area contributed by atoms with E-state index in [0.29, 0.717) is 18.3 Å².